The molecule has 0 aliphatic rings. The zero-order chi connectivity index (χ0) is 6.41. The molecule has 7 heteroatoms. The molecule has 0 aliphatic heterocycles. The van der Waals surface area contributed by atoms with E-state index in [4.69, 9.17) is 22.6 Å². The topological polar surface area (TPSA) is 121 Å². The predicted molar refractivity (Wildman–Crippen MR) is 13.3 cm³/mol. The van der Waals surface area contributed by atoms with E-state index < -0.39 is 15.8 Å². The van der Waals surface area contributed by atoms with Crippen LogP contribution in [0.3, 0.4) is 0 Å². The van der Waals surface area contributed by atoms with Gasteiger partial charge in [-0.15, -0.1) is 0 Å². The van der Waals surface area contributed by atoms with Crippen molar-refractivity contribution >= 4 is 0 Å². The normalized spacial score (nSPS) is 23.1. The molecule has 0 aliphatic carbocycles. The van der Waals surface area contributed by atoms with E-state index in [0.29, 0.717) is 0 Å². The summed E-state index contributed by atoms with van der Waals surface area (Å²) < 4.78 is 44.6. The first-order valence-corrected chi connectivity index (χ1v) is 8.97. The quantitative estimate of drug-likeness (QED) is 0.277. The van der Waals surface area contributed by atoms with Crippen LogP contribution in [0.15, 0.2) is 0 Å². The number of rotatable bonds is 0. The number of hydrogen-bond acceptors (Lipinski definition) is 6. The van der Waals surface area contributed by atoms with E-state index in [2.05, 4.69) is 0 Å². The Labute approximate surface area is 39.1 Å². The first-order valence-electron chi connectivity index (χ1n) is 1.10. The van der Waals surface area contributed by atoms with Crippen molar-refractivity contribution in [1.29, 1.82) is 0 Å². The Kier molecular flexibility index (Phi) is 0.853. The van der Waals surface area contributed by atoms with Gasteiger partial charge in [-0.2, -0.15) is 0 Å². The van der Waals surface area contributed by atoms with Crippen LogP contribution in [0.1, 0.15) is 0 Å². The molecule has 7 heavy (non-hydrogen) atoms. The summed E-state index contributed by atoms with van der Waals surface area (Å²) in [6, 6.07) is 0. The summed E-state index contributed by atoms with van der Waals surface area (Å²) in [6.07, 6.45) is 0. The molecule has 0 amide bonds. The minimum absolute atomic E-state index is 7.43. The van der Waals surface area contributed by atoms with Crippen molar-refractivity contribution in [3.05, 3.63) is 0 Å². The second-order valence-corrected chi connectivity index (χ2v) is 10.0. The minimum atomic E-state index is -8.31. The van der Waals surface area contributed by atoms with Gasteiger partial charge < -0.3 is 0 Å². The molecule has 0 rings (SSSR count). The van der Waals surface area contributed by atoms with Crippen LogP contribution in [0.4, 0.5) is 0 Å². The Morgan fingerprint density at radius 2 is 0.571 bits per heavy atom. The first kappa shape index (κ1) is 7.45. The van der Waals surface area contributed by atoms with E-state index in [1.165, 1.54) is 0 Å². The van der Waals surface area contributed by atoms with Crippen LogP contribution in [0, 0.1) is 0 Å². The molecule has 0 bridgehead atoms. The van der Waals surface area contributed by atoms with Crippen LogP contribution in [0.5, 0.6) is 0 Å². The third-order valence-electron chi connectivity index (χ3n) is 0. The van der Waals surface area contributed by atoms with Gasteiger partial charge in [0, 0.05) is 0 Å². The fourth-order valence-electron chi connectivity index (χ4n) is 0. The molecule has 0 saturated carbocycles. The van der Waals surface area contributed by atoms with Crippen molar-refractivity contribution in [1.82, 2.24) is 0 Å². The zero-order valence-corrected chi connectivity index (χ0v) is 6.02. The second kappa shape index (κ2) is 0.802. The molecule has 0 heterocycles. The number of hydrogen-bond donors (Lipinski definition) is 6. The van der Waals surface area contributed by atoms with Gasteiger partial charge in [-0.25, -0.2) is 0 Å². The van der Waals surface area contributed by atoms with Crippen LogP contribution in [-0.2, 0) is 15.8 Å². The van der Waals surface area contributed by atoms with Crippen molar-refractivity contribution in [3.63, 3.8) is 0 Å². The summed E-state index contributed by atoms with van der Waals surface area (Å²) in [6.45, 7) is 0. The third kappa shape index (κ3) is 635. The summed E-state index contributed by atoms with van der Waals surface area (Å²) in [5.74, 6) is 0. The summed E-state index contributed by atoms with van der Waals surface area (Å²) in [7, 11) is 0. The average Bonchev–Trinajstić information content (AvgIpc) is 0.592. The van der Waals surface area contributed by atoms with E-state index in [-0.39, 0.29) is 0 Å². The standard InChI is InChI=1S/6H2O.W/h6*1H2;/q;;;;;;+6/p-6. The van der Waals surface area contributed by atoms with Gasteiger partial charge in [0.25, 0.3) is 0 Å². The fourth-order valence-corrected chi connectivity index (χ4v) is 0. The van der Waals surface area contributed by atoms with E-state index in [1.807, 2.05) is 0 Å². The molecule has 0 unspecified atom stereocenters. The molecule has 0 atom stereocenters. The molecule has 0 aromatic carbocycles. The van der Waals surface area contributed by atoms with Gasteiger partial charge in [-0.05, 0) is 0 Å². The van der Waals surface area contributed by atoms with Gasteiger partial charge in [0.2, 0.25) is 0 Å². The molecule has 48 valence electrons. The first-order chi connectivity index (χ1) is 2.45. The van der Waals surface area contributed by atoms with Gasteiger partial charge in [-0.3, -0.25) is 0 Å². The maximum absolute atomic E-state index is 8.31. The van der Waals surface area contributed by atoms with Crippen molar-refractivity contribution < 1.29 is 38.4 Å². The van der Waals surface area contributed by atoms with Gasteiger partial charge >= 0.3 is 38.4 Å². The third-order valence-corrected chi connectivity index (χ3v) is 0. The van der Waals surface area contributed by atoms with Crippen molar-refractivity contribution in [2.75, 3.05) is 0 Å². The molecule has 0 radical (unpaired) electrons. The second-order valence-electron chi connectivity index (χ2n) is 1.22. The zero-order valence-electron chi connectivity index (χ0n) is 3.09. The average molecular weight is 286 g/mol. The van der Waals surface area contributed by atoms with Gasteiger partial charge in [0.1, 0.15) is 0 Å². The van der Waals surface area contributed by atoms with Crippen LogP contribution in [0.25, 0.3) is 0 Å². The molecule has 6 nitrogen and oxygen atoms in total. The fraction of sp³-hybridized carbons (Fsp3) is 0. The SMILES string of the molecule is [OH][W]([OH])([OH])([OH])([OH])[OH]. The molecular formula is H6O6W. The van der Waals surface area contributed by atoms with Gasteiger partial charge in [0.15, 0.2) is 0 Å². The molecule has 0 spiro atoms. The van der Waals surface area contributed by atoms with Crippen LogP contribution in [0.2, 0.25) is 0 Å². The molecule has 0 saturated heterocycles. The molecule has 6 N–H and O–H groups in total. The van der Waals surface area contributed by atoms with E-state index in [1.54, 1.807) is 0 Å². The van der Waals surface area contributed by atoms with Crippen molar-refractivity contribution in [2.45, 2.75) is 0 Å². The Morgan fingerprint density at radius 3 is 0.571 bits per heavy atom. The van der Waals surface area contributed by atoms with Crippen molar-refractivity contribution in [2.24, 2.45) is 0 Å². The Hall–Kier alpha value is 0.448. The predicted octanol–water partition coefficient (Wildman–Crippen LogP) is -3.34. The summed E-state index contributed by atoms with van der Waals surface area (Å²) in [5.41, 5.74) is 0. The molecule has 0 fully saturated rings. The van der Waals surface area contributed by atoms with Crippen LogP contribution >= 0.6 is 0 Å². The maximum atomic E-state index is 7.43. The summed E-state index contributed by atoms with van der Waals surface area (Å²) in [5, 5.41) is 0. The van der Waals surface area contributed by atoms with E-state index in [9.17, 15) is 0 Å². The van der Waals surface area contributed by atoms with Crippen LogP contribution in [-0.4, -0.2) is 22.6 Å². The Balaban J connectivity index is 4.43. The van der Waals surface area contributed by atoms with Crippen molar-refractivity contribution in [3.8, 4) is 0 Å². The molecular weight excluding hydrogens is 280 g/mol. The van der Waals surface area contributed by atoms with E-state index >= 15 is 0 Å². The van der Waals surface area contributed by atoms with Gasteiger partial charge in [-0.1, -0.05) is 0 Å². The summed E-state index contributed by atoms with van der Waals surface area (Å²) >= 11 is -8.31. The summed E-state index contributed by atoms with van der Waals surface area (Å²) in [4.78, 5) is 0. The Morgan fingerprint density at radius 1 is 0.571 bits per heavy atom. The molecule has 0 aromatic heterocycles. The molecule has 0 aromatic rings. The van der Waals surface area contributed by atoms with Gasteiger partial charge in [0.05, 0.1) is 0 Å². The Bertz CT molecular complexity index is 62.7. The van der Waals surface area contributed by atoms with E-state index in [0.717, 1.165) is 0 Å². The monoisotopic (exact) mass is 286 g/mol. The van der Waals surface area contributed by atoms with Crippen LogP contribution < -0.4 is 0 Å².